The molecule has 0 bridgehead atoms. The van der Waals surface area contributed by atoms with Crippen LogP contribution in [0, 0.1) is 5.92 Å². The molecule has 2 saturated heterocycles. The molecule has 2 heterocycles. The molecule has 7 nitrogen and oxygen atoms in total. The van der Waals surface area contributed by atoms with Gasteiger partial charge in [0.2, 0.25) is 17.7 Å². The summed E-state index contributed by atoms with van der Waals surface area (Å²) in [6.07, 6.45) is 1.37. The fourth-order valence-electron chi connectivity index (χ4n) is 3.02. The van der Waals surface area contributed by atoms with E-state index in [-0.39, 0.29) is 30.1 Å². The molecule has 0 saturated carbocycles. The molecule has 0 aromatic heterocycles. The summed E-state index contributed by atoms with van der Waals surface area (Å²) in [7, 11) is 0. The summed E-state index contributed by atoms with van der Waals surface area (Å²) in [5.41, 5.74) is 0. The van der Waals surface area contributed by atoms with Crippen LogP contribution in [-0.4, -0.2) is 68.7 Å². The molecule has 128 valence electrons. The smallest absolute Gasteiger partial charge is 0.326 e. The van der Waals surface area contributed by atoms with Gasteiger partial charge >= 0.3 is 5.97 Å². The zero-order valence-corrected chi connectivity index (χ0v) is 14.2. The molecule has 0 aromatic carbocycles. The van der Waals surface area contributed by atoms with Crippen molar-refractivity contribution >= 4 is 35.5 Å². The highest BCUT2D eigenvalue weighted by molar-refractivity contribution is 8.00. The van der Waals surface area contributed by atoms with Crippen LogP contribution in [0.15, 0.2) is 0 Å². The highest BCUT2D eigenvalue weighted by Crippen LogP contribution is 2.28. The molecule has 0 spiro atoms. The minimum Gasteiger partial charge on any atom is -0.480 e. The van der Waals surface area contributed by atoms with E-state index in [0.29, 0.717) is 31.7 Å². The molecule has 3 atom stereocenters. The number of carbonyl (C=O) groups excluding carboxylic acids is 3. The van der Waals surface area contributed by atoms with Crippen molar-refractivity contribution in [3.63, 3.8) is 0 Å². The van der Waals surface area contributed by atoms with Crippen molar-refractivity contribution in [2.75, 3.05) is 18.8 Å². The van der Waals surface area contributed by atoms with Crippen LogP contribution in [0.1, 0.15) is 33.1 Å². The molecule has 2 aliphatic rings. The SMILES string of the molecule is CCN1C(=O)CC(SCC(C)C(=O)N2CCC[C@H]2C(=O)O)C1=O. The van der Waals surface area contributed by atoms with Crippen LogP contribution in [0.25, 0.3) is 0 Å². The van der Waals surface area contributed by atoms with Crippen LogP contribution in [0.2, 0.25) is 0 Å². The molecule has 2 fully saturated rings. The number of hydrogen-bond acceptors (Lipinski definition) is 5. The fourth-order valence-corrected chi connectivity index (χ4v) is 4.21. The summed E-state index contributed by atoms with van der Waals surface area (Å²) in [6, 6.07) is -0.736. The van der Waals surface area contributed by atoms with Gasteiger partial charge in [0.15, 0.2) is 0 Å². The first kappa shape index (κ1) is 17.8. The number of nitrogens with zero attached hydrogens (tertiary/aromatic N) is 2. The van der Waals surface area contributed by atoms with Crippen LogP contribution >= 0.6 is 11.8 Å². The second kappa shape index (κ2) is 7.33. The third kappa shape index (κ3) is 3.68. The summed E-state index contributed by atoms with van der Waals surface area (Å²) in [5.74, 6) is -1.48. The van der Waals surface area contributed by atoms with Gasteiger partial charge in [-0.15, -0.1) is 11.8 Å². The average Bonchev–Trinajstić information content (AvgIpc) is 3.09. The quantitative estimate of drug-likeness (QED) is 0.710. The number of carboxylic acids is 1. The third-order valence-electron chi connectivity index (χ3n) is 4.31. The first-order chi connectivity index (χ1) is 10.9. The van der Waals surface area contributed by atoms with Gasteiger partial charge in [-0.05, 0) is 19.8 Å². The fraction of sp³-hybridized carbons (Fsp3) is 0.733. The topological polar surface area (TPSA) is 95.0 Å². The molecule has 8 heteroatoms. The van der Waals surface area contributed by atoms with Gasteiger partial charge in [-0.1, -0.05) is 6.92 Å². The second-order valence-corrected chi connectivity index (χ2v) is 7.17. The maximum absolute atomic E-state index is 12.4. The molecule has 1 N–H and O–H groups in total. The lowest BCUT2D eigenvalue weighted by Crippen LogP contribution is -2.43. The number of hydrogen-bond donors (Lipinski definition) is 1. The van der Waals surface area contributed by atoms with Crippen molar-refractivity contribution in [1.29, 1.82) is 0 Å². The van der Waals surface area contributed by atoms with E-state index in [2.05, 4.69) is 0 Å². The maximum atomic E-state index is 12.4. The van der Waals surface area contributed by atoms with Gasteiger partial charge in [0.1, 0.15) is 6.04 Å². The van der Waals surface area contributed by atoms with Gasteiger partial charge < -0.3 is 10.0 Å². The van der Waals surface area contributed by atoms with Gasteiger partial charge in [0.25, 0.3) is 0 Å². The van der Waals surface area contributed by atoms with Crippen molar-refractivity contribution < 1.29 is 24.3 Å². The van der Waals surface area contributed by atoms with Gasteiger partial charge in [0.05, 0.1) is 5.25 Å². The molecule has 3 amide bonds. The van der Waals surface area contributed by atoms with Crippen LogP contribution in [0.5, 0.6) is 0 Å². The molecule has 2 rings (SSSR count). The zero-order valence-electron chi connectivity index (χ0n) is 13.4. The maximum Gasteiger partial charge on any atom is 0.326 e. The van der Waals surface area contributed by atoms with Crippen molar-refractivity contribution in [3.05, 3.63) is 0 Å². The number of carbonyl (C=O) groups is 4. The minimum absolute atomic E-state index is 0.167. The summed E-state index contributed by atoms with van der Waals surface area (Å²) in [6.45, 7) is 4.34. The summed E-state index contributed by atoms with van der Waals surface area (Å²) in [4.78, 5) is 50.0. The highest BCUT2D eigenvalue weighted by atomic mass is 32.2. The van der Waals surface area contributed by atoms with E-state index < -0.39 is 17.3 Å². The number of rotatable bonds is 6. The van der Waals surface area contributed by atoms with Gasteiger partial charge in [-0.2, -0.15) is 0 Å². The van der Waals surface area contributed by atoms with Crippen molar-refractivity contribution in [3.8, 4) is 0 Å². The van der Waals surface area contributed by atoms with Crippen LogP contribution < -0.4 is 0 Å². The molecule has 0 radical (unpaired) electrons. The lowest BCUT2D eigenvalue weighted by atomic mass is 10.1. The third-order valence-corrected chi connectivity index (χ3v) is 5.77. The van der Waals surface area contributed by atoms with Crippen molar-refractivity contribution in [1.82, 2.24) is 9.80 Å². The Kier molecular flexibility index (Phi) is 5.67. The van der Waals surface area contributed by atoms with E-state index in [1.54, 1.807) is 13.8 Å². The molecular weight excluding hydrogens is 320 g/mol. The van der Waals surface area contributed by atoms with Gasteiger partial charge in [-0.25, -0.2) is 4.79 Å². The Morgan fingerprint density at radius 2 is 2.09 bits per heavy atom. The van der Waals surface area contributed by atoms with E-state index in [9.17, 15) is 19.2 Å². The highest BCUT2D eigenvalue weighted by Gasteiger charge is 2.39. The summed E-state index contributed by atoms with van der Waals surface area (Å²) < 4.78 is 0. The number of carboxylic acid groups (broad SMARTS) is 1. The number of thioether (sulfide) groups is 1. The van der Waals surface area contributed by atoms with Crippen molar-refractivity contribution in [2.24, 2.45) is 5.92 Å². The number of aliphatic carboxylic acids is 1. The van der Waals surface area contributed by atoms with E-state index in [1.165, 1.54) is 21.6 Å². The van der Waals surface area contributed by atoms with E-state index in [1.807, 2.05) is 0 Å². The Morgan fingerprint density at radius 1 is 1.39 bits per heavy atom. The summed E-state index contributed by atoms with van der Waals surface area (Å²) in [5, 5.41) is 8.73. The predicted molar refractivity (Wildman–Crippen MR) is 84.8 cm³/mol. The normalized spacial score (nSPS) is 26.0. The van der Waals surface area contributed by atoms with E-state index in [0.717, 1.165) is 0 Å². The Balaban J connectivity index is 1.89. The Hall–Kier alpha value is -1.57. The van der Waals surface area contributed by atoms with E-state index in [4.69, 9.17) is 5.11 Å². The standard InChI is InChI=1S/C15H22N2O5S/c1-3-16-12(18)7-11(14(16)20)23-8-9(2)13(19)17-6-4-5-10(17)15(21)22/h9-11H,3-8H2,1-2H3,(H,21,22)/t9?,10-,11?/m0/s1. The lowest BCUT2D eigenvalue weighted by molar-refractivity contribution is -0.149. The number of imide groups is 1. The first-order valence-corrected chi connectivity index (χ1v) is 8.90. The second-order valence-electron chi connectivity index (χ2n) is 5.93. The van der Waals surface area contributed by atoms with Crippen LogP contribution in [0.3, 0.4) is 0 Å². The average molecular weight is 342 g/mol. The Bertz CT molecular complexity index is 524. The molecule has 2 aliphatic heterocycles. The molecule has 0 aromatic rings. The Labute approximate surface area is 139 Å². The monoisotopic (exact) mass is 342 g/mol. The molecular formula is C15H22N2O5S. The molecule has 2 unspecified atom stereocenters. The lowest BCUT2D eigenvalue weighted by Gasteiger charge is -2.25. The Morgan fingerprint density at radius 3 is 2.65 bits per heavy atom. The number of likely N-dealkylation sites (tertiary alicyclic amines) is 2. The number of amides is 3. The van der Waals surface area contributed by atoms with Crippen LogP contribution in [0.4, 0.5) is 0 Å². The largest absolute Gasteiger partial charge is 0.480 e. The van der Waals surface area contributed by atoms with Crippen LogP contribution in [-0.2, 0) is 19.2 Å². The van der Waals surface area contributed by atoms with Crippen molar-refractivity contribution in [2.45, 2.75) is 44.4 Å². The minimum atomic E-state index is -0.967. The summed E-state index contributed by atoms with van der Waals surface area (Å²) >= 11 is 1.31. The van der Waals surface area contributed by atoms with Gasteiger partial charge in [-0.3, -0.25) is 19.3 Å². The zero-order chi connectivity index (χ0) is 17.1. The van der Waals surface area contributed by atoms with E-state index >= 15 is 0 Å². The predicted octanol–water partition coefficient (Wildman–Crippen LogP) is 0.579. The first-order valence-electron chi connectivity index (χ1n) is 7.85. The van der Waals surface area contributed by atoms with Gasteiger partial charge in [0, 0.05) is 31.2 Å². The molecule has 23 heavy (non-hydrogen) atoms. The molecule has 0 aliphatic carbocycles.